The normalized spacial score (nSPS) is 14.3. The zero-order chi connectivity index (χ0) is 21.3. The van der Waals surface area contributed by atoms with Crippen LogP contribution in [0.5, 0.6) is 0 Å². The van der Waals surface area contributed by atoms with Crippen LogP contribution in [-0.2, 0) is 20.7 Å². The first kappa shape index (κ1) is 20.8. The van der Waals surface area contributed by atoms with Gasteiger partial charge in [-0.15, -0.1) is 0 Å². The molecule has 2 aromatic rings. The first-order chi connectivity index (χ1) is 13.8. The fraction of sp³-hybridized carbons (Fsp3) is 0.400. The molecule has 0 N–H and O–H groups in total. The fourth-order valence-corrected chi connectivity index (χ4v) is 3.40. The van der Waals surface area contributed by atoms with Crippen LogP contribution in [0.15, 0.2) is 17.1 Å². The van der Waals surface area contributed by atoms with Crippen molar-refractivity contribution in [3.05, 3.63) is 44.5 Å². The van der Waals surface area contributed by atoms with Gasteiger partial charge in [-0.3, -0.25) is 9.59 Å². The van der Waals surface area contributed by atoms with Gasteiger partial charge in [0, 0.05) is 17.8 Å². The van der Waals surface area contributed by atoms with E-state index in [4.69, 9.17) is 26.3 Å². The standard InChI is InChI=1S/C20H18ClFN2O5/c1-3-28-20(27)14-9-24(11-4-5-11)18-13(19(14)26)6-15(22)12(17(18)21)7-16(25)29-10(2)8-23/h6,9-11H,3-5,7H2,1-2H3. The molecule has 3 rings (SSSR count). The van der Waals surface area contributed by atoms with Crippen LogP contribution in [0, 0.1) is 17.1 Å². The number of fused-ring (bicyclic) bond motifs is 1. The van der Waals surface area contributed by atoms with E-state index in [1.165, 1.54) is 13.1 Å². The van der Waals surface area contributed by atoms with E-state index in [1.54, 1.807) is 17.6 Å². The molecule has 0 aliphatic heterocycles. The van der Waals surface area contributed by atoms with Gasteiger partial charge < -0.3 is 14.0 Å². The Morgan fingerprint density at radius 3 is 2.72 bits per heavy atom. The summed E-state index contributed by atoms with van der Waals surface area (Å²) in [5.41, 5.74) is -0.767. The Hall–Kier alpha value is -2.92. The van der Waals surface area contributed by atoms with E-state index in [-0.39, 0.29) is 39.7 Å². The minimum Gasteiger partial charge on any atom is -0.462 e. The summed E-state index contributed by atoms with van der Waals surface area (Å²) < 4.78 is 26.2. The van der Waals surface area contributed by atoms with E-state index in [1.807, 2.05) is 0 Å². The Morgan fingerprint density at radius 1 is 1.45 bits per heavy atom. The number of hydrogen-bond donors (Lipinski definition) is 0. The van der Waals surface area contributed by atoms with E-state index in [2.05, 4.69) is 0 Å². The summed E-state index contributed by atoms with van der Waals surface area (Å²) in [6.45, 7) is 3.10. The predicted molar refractivity (Wildman–Crippen MR) is 102 cm³/mol. The van der Waals surface area contributed by atoms with Crippen LogP contribution in [-0.4, -0.2) is 29.2 Å². The summed E-state index contributed by atoms with van der Waals surface area (Å²) in [6.07, 6.45) is 1.52. The largest absolute Gasteiger partial charge is 0.462 e. The van der Waals surface area contributed by atoms with Gasteiger partial charge >= 0.3 is 11.9 Å². The Balaban J connectivity index is 2.16. The summed E-state index contributed by atoms with van der Waals surface area (Å²) in [5.74, 6) is -2.48. The molecule has 0 radical (unpaired) electrons. The minimum absolute atomic E-state index is 0.00708. The number of benzene rings is 1. The van der Waals surface area contributed by atoms with E-state index in [9.17, 15) is 18.8 Å². The van der Waals surface area contributed by atoms with Crippen LogP contribution in [0.4, 0.5) is 4.39 Å². The van der Waals surface area contributed by atoms with Crippen molar-refractivity contribution in [2.75, 3.05) is 6.61 Å². The van der Waals surface area contributed by atoms with E-state index in [0.717, 1.165) is 18.9 Å². The second-order valence-electron chi connectivity index (χ2n) is 6.72. The zero-order valence-electron chi connectivity index (χ0n) is 15.8. The second-order valence-corrected chi connectivity index (χ2v) is 7.09. The Morgan fingerprint density at radius 2 is 2.14 bits per heavy atom. The lowest BCUT2D eigenvalue weighted by Gasteiger charge is -2.16. The zero-order valence-corrected chi connectivity index (χ0v) is 16.6. The summed E-state index contributed by atoms with van der Waals surface area (Å²) in [6, 6.07) is 2.73. The summed E-state index contributed by atoms with van der Waals surface area (Å²) in [5, 5.41) is 8.58. The molecule has 0 saturated heterocycles. The van der Waals surface area contributed by atoms with Gasteiger partial charge in [0.25, 0.3) is 0 Å². The number of ether oxygens (including phenoxy) is 2. The van der Waals surface area contributed by atoms with Gasteiger partial charge in [-0.25, -0.2) is 9.18 Å². The average Bonchev–Trinajstić information content (AvgIpc) is 3.51. The lowest BCUT2D eigenvalue weighted by atomic mass is 10.0. The van der Waals surface area contributed by atoms with Crippen molar-refractivity contribution in [1.29, 1.82) is 5.26 Å². The number of pyridine rings is 1. The van der Waals surface area contributed by atoms with Crippen LogP contribution in [0.1, 0.15) is 48.7 Å². The highest BCUT2D eigenvalue weighted by Crippen LogP contribution is 2.40. The quantitative estimate of drug-likeness (QED) is 0.665. The Kier molecular flexibility index (Phi) is 5.89. The van der Waals surface area contributed by atoms with Crippen molar-refractivity contribution in [3.63, 3.8) is 0 Å². The number of carbonyl (C=O) groups excluding carboxylic acids is 2. The number of aromatic nitrogens is 1. The monoisotopic (exact) mass is 420 g/mol. The molecule has 1 aliphatic carbocycles. The first-order valence-electron chi connectivity index (χ1n) is 9.10. The molecule has 1 unspecified atom stereocenters. The topological polar surface area (TPSA) is 98.4 Å². The highest BCUT2D eigenvalue weighted by atomic mass is 35.5. The molecular formula is C20H18ClFN2O5. The molecule has 1 aromatic carbocycles. The maximum Gasteiger partial charge on any atom is 0.343 e. The van der Waals surface area contributed by atoms with Crippen molar-refractivity contribution in [2.45, 2.75) is 45.3 Å². The number of rotatable bonds is 6. The molecule has 0 amide bonds. The van der Waals surface area contributed by atoms with Crippen LogP contribution in [0.2, 0.25) is 5.02 Å². The van der Waals surface area contributed by atoms with Gasteiger partial charge in [0.05, 0.1) is 29.0 Å². The molecule has 1 atom stereocenters. The van der Waals surface area contributed by atoms with Crippen LogP contribution in [0.25, 0.3) is 10.9 Å². The molecule has 1 fully saturated rings. The Bertz CT molecular complexity index is 1100. The van der Waals surface area contributed by atoms with Gasteiger partial charge in [0.1, 0.15) is 17.4 Å². The average molecular weight is 421 g/mol. The van der Waals surface area contributed by atoms with Gasteiger partial charge in [0.15, 0.2) is 6.10 Å². The molecule has 0 bridgehead atoms. The SMILES string of the molecule is CCOC(=O)c1cn(C2CC2)c2c(Cl)c(CC(=O)OC(C)C#N)c(F)cc2c1=O. The summed E-state index contributed by atoms with van der Waals surface area (Å²) >= 11 is 6.41. The van der Waals surface area contributed by atoms with E-state index in [0.29, 0.717) is 0 Å². The van der Waals surface area contributed by atoms with E-state index >= 15 is 0 Å². The third-order valence-corrected chi connectivity index (χ3v) is 4.96. The fourth-order valence-electron chi connectivity index (χ4n) is 3.05. The molecule has 1 aromatic heterocycles. The van der Waals surface area contributed by atoms with Crippen molar-refractivity contribution in [3.8, 4) is 6.07 Å². The summed E-state index contributed by atoms with van der Waals surface area (Å²) in [4.78, 5) is 37.0. The molecule has 7 nitrogen and oxygen atoms in total. The third-order valence-electron chi connectivity index (χ3n) is 4.55. The van der Waals surface area contributed by atoms with Gasteiger partial charge in [0.2, 0.25) is 5.43 Å². The van der Waals surface area contributed by atoms with Gasteiger partial charge in [-0.2, -0.15) is 5.26 Å². The van der Waals surface area contributed by atoms with Crippen molar-refractivity contribution < 1.29 is 23.5 Å². The molecule has 0 spiro atoms. The third kappa shape index (κ3) is 4.10. The van der Waals surface area contributed by atoms with Gasteiger partial charge in [-0.1, -0.05) is 11.6 Å². The lowest BCUT2D eigenvalue weighted by molar-refractivity contribution is -0.145. The molecular weight excluding hydrogens is 403 g/mol. The highest BCUT2D eigenvalue weighted by molar-refractivity contribution is 6.36. The summed E-state index contributed by atoms with van der Waals surface area (Å²) in [7, 11) is 0. The number of carbonyl (C=O) groups is 2. The number of nitriles is 1. The maximum atomic E-state index is 14.7. The maximum absolute atomic E-state index is 14.7. The highest BCUT2D eigenvalue weighted by Gasteiger charge is 2.30. The molecule has 1 aliphatic rings. The van der Waals surface area contributed by atoms with Crippen molar-refractivity contribution >= 4 is 34.4 Å². The Labute approximate surface area is 170 Å². The van der Waals surface area contributed by atoms with Crippen LogP contribution >= 0.6 is 11.6 Å². The number of nitrogens with zero attached hydrogens (tertiary/aromatic N) is 2. The predicted octanol–water partition coefficient (Wildman–Crippen LogP) is 3.30. The smallest absolute Gasteiger partial charge is 0.343 e. The molecule has 29 heavy (non-hydrogen) atoms. The number of halogens is 2. The van der Waals surface area contributed by atoms with E-state index < -0.39 is 35.7 Å². The second kappa shape index (κ2) is 8.21. The van der Waals surface area contributed by atoms with Gasteiger partial charge in [-0.05, 0) is 32.8 Å². The molecule has 1 saturated carbocycles. The minimum atomic E-state index is -0.985. The van der Waals surface area contributed by atoms with Crippen LogP contribution in [0.3, 0.4) is 0 Å². The molecule has 152 valence electrons. The number of hydrogen-bond acceptors (Lipinski definition) is 6. The van der Waals surface area contributed by atoms with Crippen molar-refractivity contribution in [2.24, 2.45) is 0 Å². The molecule has 1 heterocycles. The number of esters is 2. The molecule has 9 heteroatoms. The van der Waals surface area contributed by atoms with Crippen molar-refractivity contribution in [1.82, 2.24) is 4.57 Å². The first-order valence-corrected chi connectivity index (χ1v) is 9.48. The lowest BCUT2D eigenvalue weighted by Crippen LogP contribution is -2.22. The van der Waals surface area contributed by atoms with Crippen LogP contribution < -0.4 is 5.43 Å².